The summed E-state index contributed by atoms with van der Waals surface area (Å²) in [5.41, 5.74) is 3.25. The summed E-state index contributed by atoms with van der Waals surface area (Å²) in [5.74, 6) is -0.552. The maximum atomic E-state index is 13.3. The average Bonchev–Trinajstić information content (AvgIpc) is 3.16. The Hall–Kier alpha value is -2.25. The van der Waals surface area contributed by atoms with Crippen molar-refractivity contribution in [1.82, 2.24) is 4.31 Å². The van der Waals surface area contributed by atoms with E-state index in [1.165, 1.54) is 22.5 Å². The first-order valence-corrected chi connectivity index (χ1v) is 9.88. The summed E-state index contributed by atoms with van der Waals surface area (Å²) >= 11 is 0. The van der Waals surface area contributed by atoms with Crippen LogP contribution in [0.1, 0.15) is 16.7 Å². The Morgan fingerprint density at radius 1 is 1.12 bits per heavy atom. The van der Waals surface area contributed by atoms with Gasteiger partial charge >= 0.3 is 0 Å². The van der Waals surface area contributed by atoms with E-state index in [1.54, 1.807) is 6.92 Å². The molecule has 2 aliphatic rings. The lowest BCUT2D eigenvalue weighted by Gasteiger charge is -2.18. The molecule has 2 atom stereocenters. The molecule has 0 saturated carbocycles. The van der Waals surface area contributed by atoms with Crippen molar-refractivity contribution in [2.24, 2.45) is 11.1 Å². The molecule has 1 fully saturated rings. The lowest BCUT2D eigenvalue weighted by molar-refractivity contribution is 0.0803. The van der Waals surface area contributed by atoms with Crippen molar-refractivity contribution in [2.75, 3.05) is 13.1 Å². The maximum absolute atomic E-state index is 13.3. The zero-order chi connectivity index (χ0) is 18.5. The second kappa shape index (κ2) is 6.17. The van der Waals surface area contributed by atoms with Crippen molar-refractivity contribution >= 4 is 15.7 Å². The molecule has 136 valence electrons. The summed E-state index contributed by atoms with van der Waals surface area (Å²) in [4.78, 5) is 5.66. The molecule has 2 aromatic rings. The topological polar surface area (TPSA) is 59.0 Å². The minimum absolute atomic E-state index is 0.105. The molecular weight excluding hydrogens is 355 g/mol. The maximum Gasteiger partial charge on any atom is 0.243 e. The largest absolute Gasteiger partial charge is 0.390 e. The van der Waals surface area contributed by atoms with Crippen LogP contribution < -0.4 is 0 Å². The van der Waals surface area contributed by atoms with Gasteiger partial charge in [0.1, 0.15) is 5.82 Å². The van der Waals surface area contributed by atoms with Gasteiger partial charge in [0.15, 0.2) is 6.10 Å². The van der Waals surface area contributed by atoms with Crippen LogP contribution in [0.25, 0.3) is 0 Å². The molecule has 0 N–H and O–H groups in total. The van der Waals surface area contributed by atoms with Gasteiger partial charge in [0.05, 0.1) is 23.1 Å². The Labute approximate surface area is 152 Å². The molecule has 0 aliphatic carbocycles. The van der Waals surface area contributed by atoms with Gasteiger partial charge in [0.25, 0.3) is 0 Å². The van der Waals surface area contributed by atoms with Gasteiger partial charge in [-0.1, -0.05) is 29.4 Å². The standard InChI is InChI=1S/C19H19FN2O3S/c1-12-5-3-4-6-15(12)19-16-10-22(11-17(16)25-21-19)26(23,24)18-8-7-14(20)9-13(18)2/h3-9,16-17H,10-11H2,1-2H3. The molecule has 2 aromatic carbocycles. The van der Waals surface area contributed by atoms with Gasteiger partial charge in [-0.25, -0.2) is 12.8 Å². The third-order valence-corrected chi connectivity index (χ3v) is 7.04. The molecule has 0 aromatic heterocycles. The summed E-state index contributed by atoms with van der Waals surface area (Å²) in [6.45, 7) is 4.14. The highest BCUT2D eigenvalue weighted by molar-refractivity contribution is 7.89. The number of halogens is 1. The number of hydrogen-bond donors (Lipinski definition) is 0. The number of nitrogens with zero attached hydrogens (tertiary/aromatic N) is 2. The summed E-state index contributed by atoms with van der Waals surface area (Å²) < 4.78 is 40.8. The fourth-order valence-corrected chi connectivity index (χ4v) is 5.33. The van der Waals surface area contributed by atoms with E-state index in [0.717, 1.165) is 16.8 Å². The van der Waals surface area contributed by atoms with E-state index in [9.17, 15) is 12.8 Å². The van der Waals surface area contributed by atoms with Gasteiger partial charge in [-0.3, -0.25) is 0 Å². The zero-order valence-corrected chi connectivity index (χ0v) is 15.3. The van der Waals surface area contributed by atoms with Gasteiger partial charge < -0.3 is 4.84 Å². The number of hydrogen-bond acceptors (Lipinski definition) is 4. The van der Waals surface area contributed by atoms with E-state index in [2.05, 4.69) is 5.16 Å². The summed E-state index contributed by atoms with van der Waals surface area (Å²) in [7, 11) is -3.71. The van der Waals surface area contributed by atoms with Gasteiger partial charge in [0.2, 0.25) is 10.0 Å². The molecule has 0 amide bonds. The minimum Gasteiger partial charge on any atom is -0.390 e. The lowest BCUT2D eigenvalue weighted by Crippen LogP contribution is -2.31. The molecule has 7 heteroatoms. The van der Waals surface area contributed by atoms with Crippen molar-refractivity contribution in [3.63, 3.8) is 0 Å². The van der Waals surface area contributed by atoms with Crippen molar-refractivity contribution < 1.29 is 17.6 Å². The van der Waals surface area contributed by atoms with E-state index in [1.807, 2.05) is 31.2 Å². The van der Waals surface area contributed by atoms with Crippen molar-refractivity contribution in [2.45, 2.75) is 24.8 Å². The average molecular weight is 374 g/mol. The fourth-order valence-electron chi connectivity index (χ4n) is 3.65. The molecule has 26 heavy (non-hydrogen) atoms. The van der Waals surface area contributed by atoms with Crippen LogP contribution >= 0.6 is 0 Å². The first-order valence-electron chi connectivity index (χ1n) is 8.44. The first-order chi connectivity index (χ1) is 12.4. The Bertz CT molecular complexity index is 1000. The van der Waals surface area contributed by atoms with Crippen LogP contribution in [0.2, 0.25) is 0 Å². The van der Waals surface area contributed by atoms with Crippen LogP contribution in [0.4, 0.5) is 4.39 Å². The van der Waals surface area contributed by atoms with Crippen LogP contribution in [0.15, 0.2) is 52.5 Å². The lowest BCUT2D eigenvalue weighted by atomic mass is 9.92. The van der Waals surface area contributed by atoms with Crippen LogP contribution in [0.5, 0.6) is 0 Å². The predicted octanol–water partition coefficient (Wildman–Crippen LogP) is 2.87. The van der Waals surface area contributed by atoms with E-state index in [-0.39, 0.29) is 23.5 Å². The Balaban J connectivity index is 1.63. The highest BCUT2D eigenvalue weighted by atomic mass is 32.2. The van der Waals surface area contributed by atoms with E-state index >= 15 is 0 Å². The minimum atomic E-state index is -3.71. The monoisotopic (exact) mass is 374 g/mol. The number of rotatable bonds is 3. The number of aryl methyl sites for hydroxylation is 2. The number of benzene rings is 2. The molecule has 0 spiro atoms. The zero-order valence-electron chi connectivity index (χ0n) is 14.5. The SMILES string of the molecule is Cc1ccccc1C1=NOC2CN(S(=O)(=O)c3ccc(F)cc3C)CC12. The second-order valence-corrected chi connectivity index (χ2v) is 8.68. The fraction of sp³-hybridized carbons (Fsp3) is 0.316. The molecule has 2 aliphatic heterocycles. The molecule has 0 radical (unpaired) electrons. The highest BCUT2D eigenvalue weighted by Crippen LogP contribution is 2.34. The third kappa shape index (κ3) is 2.71. The molecular formula is C19H19FN2O3S. The Morgan fingerprint density at radius 2 is 1.88 bits per heavy atom. The van der Waals surface area contributed by atoms with Crippen molar-refractivity contribution in [1.29, 1.82) is 0 Å². The molecule has 5 nitrogen and oxygen atoms in total. The molecule has 0 bridgehead atoms. The predicted molar refractivity (Wildman–Crippen MR) is 96.0 cm³/mol. The van der Waals surface area contributed by atoms with Gasteiger partial charge in [-0.2, -0.15) is 4.31 Å². The molecule has 1 saturated heterocycles. The van der Waals surface area contributed by atoms with Gasteiger partial charge in [-0.05, 0) is 43.2 Å². The second-order valence-electron chi connectivity index (χ2n) is 6.77. The van der Waals surface area contributed by atoms with Crippen molar-refractivity contribution in [3.05, 3.63) is 65.0 Å². The highest BCUT2D eigenvalue weighted by Gasteiger charge is 2.47. The molecule has 2 unspecified atom stereocenters. The first kappa shape index (κ1) is 17.2. The van der Waals surface area contributed by atoms with Crippen molar-refractivity contribution in [3.8, 4) is 0 Å². The molecule has 2 heterocycles. The Kier molecular flexibility index (Phi) is 4.08. The van der Waals surface area contributed by atoms with Crippen LogP contribution in [-0.2, 0) is 14.9 Å². The summed E-state index contributed by atoms with van der Waals surface area (Å²) in [6.07, 6.45) is -0.292. The van der Waals surface area contributed by atoms with Crippen LogP contribution in [0.3, 0.4) is 0 Å². The number of oxime groups is 1. The quantitative estimate of drug-likeness (QED) is 0.830. The number of sulfonamides is 1. The molecule has 4 rings (SSSR count). The third-order valence-electron chi connectivity index (χ3n) is 5.05. The number of fused-ring (bicyclic) bond motifs is 1. The van der Waals surface area contributed by atoms with Crippen LogP contribution in [0, 0.1) is 25.6 Å². The van der Waals surface area contributed by atoms with E-state index in [0.29, 0.717) is 12.1 Å². The summed E-state index contributed by atoms with van der Waals surface area (Å²) in [5, 5.41) is 4.22. The van der Waals surface area contributed by atoms with Crippen LogP contribution in [-0.4, -0.2) is 37.6 Å². The summed E-state index contributed by atoms with van der Waals surface area (Å²) in [6, 6.07) is 11.6. The van der Waals surface area contributed by atoms with E-state index in [4.69, 9.17) is 4.84 Å². The smallest absolute Gasteiger partial charge is 0.243 e. The Morgan fingerprint density at radius 3 is 2.62 bits per heavy atom. The van der Waals surface area contributed by atoms with E-state index < -0.39 is 15.8 Å². The van der Waals surface area contributed by atoms with Gasteiger partial charge in [0, 0.05) is 12.1 Å². The normalized spacial score (nSPS) is 22.8. The van der Waals surface area contributed by atoms with Gasteiger partial charge in [-0.15, -0.1) is 0 Å².